The fourth-order valence-corrected chi connectivity index (χ4v) is 3.28. The quantitative estimate of drug-likeness (QED) is 0.485. The van der Waals surface area contributed by atoms with E-state index in [0.717, 1.165) is 13.0 Å². The standard InChI is InChI=1S/C16H30ClNO/c1-2-3-4-5-7-10-15(19)18-14-16(13-17)11-8-6-9-12-16/h2-14H2,1H3,(H,18,19). The lowest BCUT2D eigenvalue weighted by Crippen LogP contribution is -2.40. The predicted molar refractivity (Wildman–Crippen MR) is 82.6 cm³/mol. The van der Waals surface area contributed by atoms with Crippen LogP contribution in [0, 0.1) is 5.41 Å². The average Bonchev–Trinajstić information content (AvgIpc) is 2.46. The smallest absolute Gasteiger partial charge is 0.220 e. The highest BCUT2D eigenvalue weighted by Crippen LogP contribution is 2.36. The zero-order valence-electron chi connectivity index (χ0n) is 12.5. The van der Waals surface area contributed by atoms with Gasteiger partial charge in [-0.1, -0.05) is 51.9 Å². The van der Waals surface area contributed by atoms with E-state index < -0.39 is 0 Å². The third kappa shape index (κ3) is 6.65. The van der Waals surface area contributed by atoms with Gasteiger partial charge in [-0.3, -0.25) is 4.79 Å². The highest BCUT2D eigenvalue weighted by molar-refractivity contribution is 6.18. The van der Waals surface area contributed by atoms with Gasteiger partial charge in [-0.25, -0.2) is 0 Å². The van der Waals surface area contributed by atoms with Gasteiger partial charge in [-0.15, -0.1) is 11.6 Å². The van der Waals surface area contributed by atoms with Crippen LogP contribution in [0.25, 0.3) is 0 Å². The number of halogens is 1. The fourth-order valence-electron chi connectivity index (χ4n) is 2.92. The number of nitrogens with one attached hydrogen (secondary N) is 1. The Bertz CT molecular complexity index is 249. The monoisotopic (exact) mass is 287 g/mol. The van der Waals surface area contributed by atoms with Crippen molar-refractivity contribution < 1.29 is 4.79 Å². The van der Waals surface area contributed by atoms with Crippen molar-refractivity contribution in [3.05, 3.63) is 0 Å². The minimum atomic E-state index is 0.178. The van der Waals surface area contributed by atoms with Crippen molar-refractivity contribution in [3.63, 3.8) is 0 Å². The molecule has 1 saturated carbocycles. The Kier molecular flexibility index (Phi) is 8.52. The van der Waals surface area contributed by atoms with Gasteiger partial charge in [0.15, 0.2) is 0 Å². The van der Waals surface area contributed by atoms with Crippen molar-refractivity contribution in [2.45, 2.75) is 77.6 Å². The van der Waals surface area contributed by atoms with Crippen molar-refractivity contribution in [1.82, 2.24) is 5.32 Å². The van der Waals surface area contributed by atoms with Crippen LogP contribution in [0.3, 0.4) is 0 Å². The molecular formula is C16H30ClNO. The number of amides is 1. The number of hydrogen-bond donors (Lipinski definition) is 1. The molecule has 1 rings (SSSR count). The summed E-state index contributed by atoms with van der Waals surface area (Å²) < 4.78 is 0. The molecule has 3 heteroatoms. The van der Waals surface area contributed by atoms with Crippen LogP contribution in [0.1, 0.15) is 77.6 Å². The van der Waals surface area contributed by atoms with Gasteiger partial charge in [-0.05, 0) is 19.3 Å². The molecule has 19 heavy (non-hydrogen) atoms. The highest BCUT2D eigenvalue weighted by Gasteiger charge is 2.31. The Hall–Kier alpha value is -0.240. The van der Waals surface area contributed by atoms with E-state index in [0.29, 0.717) is 12.3 Å². The molecule has 0 heterocycles. The third-order valence-corrected chi connectivity index (χ3v) is 4.93. The lowest BCUT2D eigenvalue weighted by Gasteiger charge is -2.35. The lowest BCUT2D eigenvalue weighted by atomic mass is 9.75. The zero-order chi connectivity index (χ0) is 14.0. The Labute approximate surface area is 123 Å². The Morgan fingerprint density at radius 1 is 1.11 bits per heavy atom. The molecule has 1 fully saturated rings. The van der Waals surface area contributed by atoms with Gasteiger partial charge in [-0.2, -0.15) is 0 Å². The summed E-state index contributed by atoms with van der Waals surface area (Å²) in [6.07, 6.45) is 12.9. The van der Waals surface area contributed by atoms with Crippen LogP contribution in [0.2, 0.25) is 0 Å². The summed E-state index contributed by atoms with van der Waals surface area (Å²) in [5.74, 6) is 0.899. The van der Waals surface area contributed by atoms with Gasteiger partial charge in [0.25, 0.3) is 0 Å². The first-order valence-corrected chi connectivity index (χ1v) is 8.58. The van der Waals surface area contributed by atoms with Crippen molar-refractivity contribution >= 4 is 17.5 Å². The van der Waals surface area contributed by atoms with Gasteiger partial charge >= 0.3 is 0 Å². The van der Waals surface area contributed by atoms with Crippen LogP contribution >= 0.6 is 11.6 Å². The highest BCUT2D eigenvalue weighted by atomic mass is 35.5. The maximum Gasteiger partial charge on any atom is 0.220 e. The molecule has 0 unspecified atom stereocenters. The molecule has 1 N–H and O–H groups in total. The fraction of sp³-hybridized carbons (Fsp3) is 0.938. The second-order valence-corrected chi connectivity index (χ2v) is 6.40. The molecule has 112 valence electrons. The van der Waals surface area contributed by atoms with Crippen LogP contribution in [0.5, 0.6) is 0 Å². The predicted octanol–water partition coefficient (Wildman–Crippen LogP) is 4.65. The molecule has 0 aromatic rings. The normalized spacial score (nSPS) is 18.2. The first-order valence-electron chi connectivity index (χ1n) is 8.05. The molecule has 0 aromatic carbocycles. The number of carbonyl (C=O) groups is 1. The van der Waals surface area contributed by atoms with Crippen LogP contribution in [-0.2, 0) is 4.79 Å². The van der Waals surface area contributed by atoms with E-state index >= 15 is 0 Å². The van der Waals surface area contributed by atoms with E-state index in [-0.39, 0.29) is 11.3 Å². The van der Waals surface area contributed by atoms with Crippen molar-refractivity contribution in [3.8, 4) is 0 Å². The second-order valence-electron chi connectivity index (χ2n) is 6.14. The Morgan fingerprint density at radius 3 is 2.42 bits per heavy atom. The summed E-state index contributed by atoms with van der Waals surface area (Å²) in [7, 11) is 0. The molecule has 0 radical (unpaired) electrons. The molecule has 0 saturated heterocycles. The molecular weight excluding hydrogens is 258 g/mol. The molecule has 0 atom stereocenters. The average molecular weight is 288 g/mol. The van der Waals surface area contributed by atoms with Crippen molar-refractivity contribution in [2.75, 3.05) is 12.4 Å². The molecule has 2 nitrogen and oxygen atoms in total. The summed E-state index contributed by atoms with van der Waals surface area (Å²) in [6.45, 7) is 2.99. The summed E-state index contributed by atoms with van der Waals surface area (Å²) in [5, 5.41) is 3.11. The maximum atomic E-state index is 11.8. The number of unbranched alkanes of at least 4 members (excludes halogenated alkanes) is 4. The van der Waals surface area contributed by atoms with E-state index in [1.807, 2.05) is 0 Å². The van der Waals surface area contributed by atoms with Gasteiger partial charge in [0.05, 0.1) is 0 Å². The first-order chi connectivity index (χ1) is 9.22. The van der Waals surface area contributed by atoms with Gasteiger partial charge in [0.2, 0.25) is 5.91 Å². The molecule has 1 aliphatic carbocycles. The van der Waals surface area contributed by atoms with Gasteiger partial charge in [0, 0.05) is 24.3 Å². The minimum Gasteiger partial charge on any atom is -0.356 e. The summed E-state index contributed by atoms with van der Waals surface area (Å²) >= 11 is 6.13. The van der Waals surface area contributed by atoms with Gasteiger partial charge < -0.3 is 5.32 Å². The van der Waals surface area contributed by atoms with Gasteiger partial charge in [0.1, 0.15) is 0 Å². The largest absolute Gasteiger partial charge is 0.356 e. The van der Waals surface area contributed by atoms with Crippen LogP contribution in [0.15, 0.2) is 0 Å². The number of hydrogen-bond acceptors (Lipinski definition) is 1. The zero-order valence-corrected chi connectivity index (χ0v) is 13.2. The SMILES string of the molecule is CCCCCCCC(=O)NCC1(CCl)CCCCC1. The second kappa shape index (κ2) is 9.63. The van der Waals surface area contributed by atoms with Crippen molar-refractivity contribution in [2.24, 2.45) is 5.41 Å². The van der Waals surface area contributed by atoms with E-state index in [1.165, 1.54) is 57.8 Å². The Balaban J connectivity index is 2.14. The molecule has 1 amide bonds. The van der Waals surface area contributed by atoms with Crippen LogP contribution in [0.4, 0.5) is 0 Å². The summed E-state index contributed by atoms with van der Waals surface area (Å²) in [4.78, 5) is 11.8. The molecule has 0 bridgehead atoms. The lowest BCUT2D eigenvalue weighted by molar-refractivity contribution is -0.121. The number of alkyl halides is 1. The van der Waals surface area contributed by atoms with Crippen LogP contribution < -0.4 is 5.32 Å². The molecule has 0 spiro atoms. The topological polar surface area (TPSA) is 29.1 Å². The molecule has 0 aromatic heterocycles. The third-order valence-electron chi connectivity index (χ3n) is 4.37. The van der Waals surface area contributed by atoms with Crippen molar-refractivity contribution in [1.29, 1.82) is 0 Å². The molecule has 0 aliphatic heterocycles. The van der Waals surface area contributed by atoms with Crippen LogP contribution in [-0.4, -0.2) is 18.3 Å². The van der Waals surface area contributed by atoms with E-state index in [4.69, 9.17) is 11.6 Å². The Morgan fingerprint density at radius 2 is 1.79 bits per heavy atom. The maximum absolute atomic E-state index is 11.8. The number of rotatable bonds is 9. The number of carbonyl (C=O) groups excluding carboxylic acids is 1. The van der Waals surface area contributed by atoms with E-state index in [1.54, 1.807) is 0 Å². The van der Waals surface area contributed by atoms with E-state index in [9.17, 15) is 4.79 Å². The van der Waals surface area contributed by atoms with E-state index in [2.05, 4.69) is 12.2 Å². The summed E-state index contributed by atoms with van der Waals surface area (Å²) in [5.41, 5.74) is 0.178. The first kappa shape index (κ1) is 16.8. The minimum absolute atomic E-state index is 0.178. The molecule has 1 aliphatic rings. The summed E-state index contributed by atoms with van der Waals surface area (Å²) in [6, 6.07) is 0.